The molecule has 0 aliphatic heterocycles. The quantitative estimate of drug-likeness (QED) is 0.185. The average Bonchev–Trinajstić information content (AvgIpc) is 3.35. The number of aliphatic hydroxyl groups excluding tert-OH is 1. The molecule has 3 rings (SSSR count). The van der Waals surface area contributed by atoms with Gasteiger partial charge in [-0.25, -0.2) is 4.63 Å². The van der Waals surface area contributed by atoms with E-state index in [9.17, 15) is 10.0 Å². The molecule has 150 valence electrons. The number of hydroxylamine groups is 1. The number of aromatic nitrogens is 2. The number of aliphatic hydroxyl groups is 1. The van der Waals surface area contributed by atoms with Gasteiger partial charge in [-0.1, -0.05) is 17.8 Å². The Hall–Kier alpha value is -2.63. The molecule has 1 aliphatic rings. The normalized spacial score (nSPS) is 16.0. The molecule has 0 fully saturated rings. The summed E-state index contributed by atoms with van der Waals surface area (Å²) in [6.07, 6.45) is 1.71. The fourth-order valence-electron chi connectivity index (χ4n) is 2.97. The highest BCUT2D eigenvalue weighted by molar-refractivity contribution is 8.00. The van der Waals surface area contributed by atoms with Crippen molar-refractivity contribution in [1.29, 1.82) is 0 Å². The van der Waals surface area contributed by atoms with Gasteiger partial charge in [0.15, 0.2) is 16.6 Å². The number of carbonyl (C=O) groups is 1. The lowest BCUT2D eigenvalue weighted by atomic mass is 10.1. The number of nitrogens with one attached hydrogen (secondary N) is 3. The fourth-order valence-corrected chi connectivity index (χ4v) is 3.70. The molecule has 1 unspecified atom stereocenters. The van der Waals surface area contributed by atoms with E-state index in [1.807, 2.05) is 19.2 Å². The van der Waals surface area contributed by atoms with Gasteiger partial charge in [0.25, 0.3) is 0 Å². The molecule has 0 saturated heterocycles. The monoisotopic (exact) mass is 406 g/mol. The number of benzene rings is 1. The van der Waals surface area contributed by atoms with E-state index in [4.69, 9.17) is 9.74 Å². The molecule has 0 bridgehead atoms. The first-order valence-electron chi connectivity index (χ1n) is 8.78. The van der Waals surface area contributed by atoms with E-state index in [0.717, 1.165) is 35.9 Å². The zero-order valence-corrected chi connectivity index (χ0v) is 16.1. The van der Waals surface area contributed by atoms with Gasteiger partial charge in [-0.2, -0.15) is 0 Å². The van der Waals surface area contributed by atoms with Crippen LogP contribution in [0.15, 0.2) is 32.8 Å². The molecule has 1 heterocycles. The molecular weight excluding hydrogens is 384 g/mol. The summed E-state index contributed by atoms with van der Waals surface area (Å²) >= 11 is 1.10. The van der Waals surface area contributed by atoms with Crippen LogP contribution < -0.4 is 16.1 Å². The third-order valence-corrected chi connectivity index (χ3v) is 5.28. The smallest absolute Gasteiger partial charge is 0.230 e. The van der Waals surface area contributed by atoms with Gasteiger partial charge in [-0.3, -0.25) is 20.5 Å². The maximum atomic E-state index is 11.7. The number of hydrogen-bond donors (Lipinski definition) is 5. The van der Waals surface area contributed by atoms with Crippen molar-refractivity contribution in [3.8, 4) is 0 Å². The van der Waals surface area contributed by atoms with Gasteiger partial charge in [0.1, 0.15) is 0 Å². The first kappa shape index (κ1) is 20.1. The highest BCUT2D eigenvalue weighted by atomic mass is 32.2. The minimum atomic E-state index is -0.257. The van der Waals surface area contributed by atoms with E-state index in [2.05, 4.69) is 37.5 Å². The Kier molecular flexibility index (Phi) is 6.85. The summed E-state index contributed by atoms with van der Waals surface area (Å²) in [5.41, 5.74) is 5.62. The summed E-state index contributed by atoms with van der Waals surface area (Å²) in [5.74, 6) is -0.0578. The maximum absolute atomic E-state index is 11.7. The van der Waals surface area contributed by atoms with Gasteiger partial charge in [0.2, 0.25) is 5.91 Å². The fraction of sp³-hybridized carbons (Fsp3) is 0.412. The molecule has 0 spiro atoms. The lowest BCUT2D eigenvalue weighted by Gasteiger charge is -2.11. The van der Waals surface area contributed by atoms with Crippen molar-refractivity contribution in [2.24, 2.45) is 4.99 Å². The molecule has 1 aliphatic carbocycles. The van der Waals surface area contributed by atoms with Crippen LogP contribution in [0, 0.1) is 0 Å². The summed E-state index contributed by atoms with van der Waals surface area (Å²) < 4.78 is 4.78. The number of aliphatic imine (C=N–C) groups is 1. The summed E-state index contributed by atoms with van der Waals surface area (Å²) in [6, 6.07) is 6.01. The average molecular weight is 406 g/mol. The molecule has 1 amide bonds. The van der Waals surface area contributed by atoms with E-state index in [0.29, 0.717) is 5.03 Å². The second kappa shape index (κ2) is 9.53. The van der Waals surface area contributed by atoms with Crippen LogP contribution in [-0.2, 0) is 11.2 Å². The van der Waals surface area contributed by atoms with Gasteiger partial charge >= 0.3 is 0 Å². The Bertz CT molecular complexity index is 856. The lowest BCUT2D eigenvalue weighted by Crippen LogP contribution is -2.28. The number of thioether (sulfide) groups is 1. The van der Waals surface area contributed by atoms with Gasteiger partial charge in [-0.15, -0.1) is 0 Å². The summed E-state index contributed by atoms with van der Waals surface area (Å²) in [7, 11) is 1.86. The molecular formula is C17H22N6O4S. The number of fused-ring (bicyclic) bond motifs is 1. The molecule has 0 saturated carbocycles. The predicted molar refractivity (Wildman–Crippen MR) is 104 cm³/mol. The number of anilines is 1. The van der Waals surface area contributed by atoms with Crippen LogP contribution in [0.3, 0.4) is 0 Å². The zero-order valence-electron chi connectivity index (χ0n) is 15.3. The maximum Gasteiger partial charge on any atom is 0.230 e. The number of hydrogen-bond acceptors (Lipinski definition) is 9. The van der Waals surface area contributed by atoms with Crippen LogP contribution in [0.1, 0.15) is 29.3 Å². The topological polar surface area (TPSA) is 145 Å². The number of carbonyl (C=O) groups excluding carboxylic acids is 1. The van der Waals surface area contributed by atoms with E-state index < -0.39 is 0 Å². The van der Waals surface area contributed by atoms with E-state index in [-0.39, 0.29) is 42.4 Å². The van der Waals surface area contributed by atoms with Crippen molar-refractivity contribution in [2.45, 2.75) is 23.9 Å². The standard InChI is InChI=1S/C17H22N6O4S/c1-18-11-4-2-10-3-5-13(12(10)8-11)20-16(21-26)15-17(23-27-22-15)28-9-14(25)19-6-7-24/h2,4,8,13,18,24,26H,3,5-7,9H2,1H3,(H,19,25)(H,20,21). The number of nitrogens with zero attached hydrogens (tertiary/aromatic N) is 3. The minimum Gasteiger partial charge on any atom is -0.395 e. The Balaban J connectivity index is 1.77. The third-order valence-electron chi connectivity index (χ3n) is 4.33. The van der Waals surface area contributed by atoms with E-state index in [1.165, 1.54) is 5.56 Å². The first-order chi connectivity index (χ1) is 13.7. The molecule has 1 aromatic carbocycles. The van der Waals surface area contributed by atoms with Gasteiger partial charge < -0.3 is 15.7 Å². The second-order valence-corrected chi connectivity index (χ2v) is 7.05. The summed E-state index contributed by atoms with van der Waals surface area (Å²) in [4.78, 5) is 16.3. The molecule has 1 aromatic heterocycles. The van der Waals surface area contributed by atoms with Crippen LogP contribution in [0.4, 0.5) is 5.69 Å². The number of rotatable bonds is 8. The Morgan fingerprint density at radius 3 is 3.04 bits per heavy atom. The molecule has 5 N–H and O–H groups in total. The summed E-state index contributed by atoms with van der Waals surface area (Å²) in [6.45, 7) is 0.0560. The third kappa shape index (κ3) is 4.61. The van der Waals surface area contributed by atoms with Crippen LogP contribution in [-0.4, -0.2) is 58.3 Å². The predicted octanol–water partition coefficient (Wildman–Crippen LogP) is 0.725. The van der Waals surface area contributed by atoms with Crippen molar-refractivity contribution in [3.05, 3.63) is 35.0 Å². The van der Waals surface area contributed by atoms with Crippen LogP contribution in [0.5, 0.6) is 0 Å². The largest absolute Gasteiger partial charge is 0.395 e. The van der Waals surface area contributed by atoms with Crippen molar-refractivity contribution in [2.75, 3.05) is 31.3 Å². The molecule has 11 heteroatoms. The minimum absolute atomic E-state index is 0.0672. The summed E-state index contributed by atoms with van der Waals surface area (Å²) in [5, 5.41) is 31.9. The molecule has 2 aromatic rings. The van der Waals surface area contributed by atoms with Gasteiger partial charge in [0.05, 0.1) is 18.4 Å². The lowest BCUT2D eigenvalue weighted by molar-refractivity contribution is -0.118. The Morgan fingerprint density at radius 1 is 1.43 bits per heavy atom. The van der Waals surface area contributed by atoms with Gasteiger partial charge in [0, 0.05) is 19.3 Å². The Morgan fingerprint density at radius 2 is 2.29 bits per heavy atom. The van der Waals surface area contributed by atoms with Crippen LogP contribution in [0.25, 0.3) is 0 Å². The molecule has 1 atom stereocenters. The van der Waals surface area contributed by atoms with Gasteiger partial charge in [-0.05, 0) is 46.4 Å². The first-order valence-corrected chi connectivity index (χ1v) is 9.76. The van der Waals surface area contributed by atoms with Crippen molar-refractivity contribution >= 4 is 29.2 Å². The number of amides is 1. The molecule has 0 radical (unpaired) electrons. The number of amidine groups is 1. The van der Waals surface area contributed by atoms with E-state index >= 15 is 0 Å². The second-order valence-electron chi connectivity index (χ2n) is 6.09. The van der Waals surface area contributed by atoms with Crippen LogP contribution >= 0.6 is 11.8 Å². The SMILES string of the molecule is CNc1ccc2c(c1)C(N=C(NO)c1nonc1SCC(=O)NCCO)CC2. The number of aryl methyl sites for hydroxylation is 1. The zero-order chi connectivity index (χ0) is 19.9. The highest BCUT2D eigenvalue weighted by Gasteiger charge is 2.25. The van der Waals surface area contributed by atoms with Crippen molar-refractivity contribution in [3.63, 3.8) is 0 Å². The van der Waals surface area contributed by atoms with Crippen molar-refractivity contribution < 1.29 is 19.7 Å². The molecule has 10 nitrogen and oxygen atoms in total. The molecule has 28 heavy (non-hydrogen) atoms. The Labute approximate surface area is 165 Å². The van der Waals surface area contributed by atoms with E-state index in [1.54, 1.807) is 0 Å². The highest BCUT2D eigenvalue weighted by Crippen LogP contribution is 2.36. The van der Waals surface area contributed by atoms with Crippen molar-refractivity contribution in [1.82, 2.24) is 21.1 Å². The van der Waals surface area contributed by atoms with Crippen LogP contribution in [0.2, 0.25) is 0 Å².